The lowest BCUT2D eigenvalue weighted by Crippen LogP contribution is -2.07. The molecule has 0 aliphatic carbocycles. The number of aryl methyl sites for hydroxylation is 1. The van der Waals surface area contributed by atoms with Crippen LogP contribution in [0.2, 0.25) is 0 Å². The molecule has 0 amide bonds. The maximum absolute atomic E-state index is 9.69. The summed E-state index contributed by atoms with van der Waals surface area (Å²) in [6.07, 6.45) is 1.62. The number of aliphatic hydroxyl groups excluding tert-OH is 1. The van der Waals surface area contributed by atoms with Crippen molar-refractivity contribution in [3.05, 3.63) is 23.7 Å². The summed E-state index contributed by atoms with van der Waals surface area (Å²) in [5, 5.41) is 9.69. The van der Waals surface area contributed by atoms with Gasteiger partial charge in [-0.05, 0) is 31.5 Å². The monoisotopic (exact) mass is 206 g/mol. The molecule has 0 fully saturated rings. The number of aromatic nitrogens is 3. The summed E-state index contributed by atoms with van der Waals surface area (Å²) in [6.45, 7) is 2.40. The van der Waals surface area contributed by atoms with Crippen molar-refractivity contribution in [3.63, 3.8) is 0 Å². The smallest absolute Gasteiger partial charge is 0.177 e. The third-order valence-electron chi connectivity index (χ3n) is 2.25. The number of H-pyrrole nitrogens is 1. The van der Waals surface area contributed by atoms with E-state index in [9.17, 15) is 5.11 Å². The van der Waals surface area contributed by atoms with Crippen LogP contribution in [0.25, 0.3) is 11.2 Å². The summed E-state index contributed by atoms with van der Waals surface area (Å²) < 4.78 is 0. The minimum absolute atomic E-state index is 0.435. The average molecular weight is 206 g/mol. The lowest BCUT2D eigenvalue weighted by Gasteiger charge is -2.03. The molecule has 0 radical (unpaired) electrons. The number of nitrogens with one attached hydrogen (secondary N) is 1. The largest absolute Gasteiger partial charge is 0.385 e. The lowest BCUT2D eigenvalue weighted by molar-refractivity contribution is 0.162. The molecule has 0 aromatic carbocycles. The Kier molecular flexibility index (Phi) is 2.66. The maximum atomic E-state index is 9.69. The Morgan fingerprint density at radius 2 is 2.40 bits per heavy atom. The minimum Gasteiger partial charge on any atom is -0.385 e. The molecule has 1 unspecified atom stereocenters. The fourth-order valence-corrected chi connectivity index (χ4v) is 1.48. The molecule has 5 nitrogen and oxygen atoms in total. The van der Waals surface area contributed by atoms with Crippen molar-refractivity contribution in [2.24, 2.45) is 5.73 Å². The number of imidazole rings is 1. The van der Waals surface area contributed by atoms with E-state index in [1.807, 2.05) is 13.0 Å². The van der Waals surface area contributed by atoms with Gasteiger partial charge in [-0.2, -0.15) is 0 Å². The van der Waals surface area contributed by atoms with Gasteiger partial charge < -0.3 is 15.8 Å². The van der Waals surface area contributed by atoms with Crippen molar-refractivity contribution < 1.29 is 5.11 Å². The van der Waals surface area contributed by atoms with Gasteiger partial charge in [-0.1, -0.05) is 0 Å². The van der Waals surface area contributed by atoms with Gasteiger partial charge in [-0.25, -0.2) is 9.97 Å². The van der Waals surface area contributed by atoms with Gasteiger partial charge in [0, 0.05) is 6.20 Å². The molecule has 2 aromatic rings. The molecule has 0 saturated heterocycles. The molecule has 2 rings (SSSR count). The molecule has 2 aromatic heterocycles. The van der Waals surface area contributed by atoms with Crippen LogP contribution in [0.15, 0.2) is 12.3 Å². The van der Waals surface area contributed by atoms with Crippen LogP contribution < -0.4 is 5.73 Å². The van der Waals surface area contributed by atoms with Crippen LogP contribution in [-0.4, -0.2) is 26.6 Å². The second kappa shape index (κ2) is 3.96. The van der Waals surface area contributed by atoms with Gasteiger partial charge in [-0.3, -0.25) is 0 Å². The molecule has 2 heterocycles. The van der Waals surface area contributed by atoms with E-state index in [0.29, 0.717) is 24.4 Å². The quantitative estimate of drug-likeness (QED) is 0.688. The van der Waals surface area contributed by atoms with Gasteiger partial charge in [0.05, 0.1) is 5.52 Å². The van der Waals surface area contributed by atoms with E-state index in [2.05, 4.69) is 15.0 Å². The predicted molar refractivity (Wildman–Crippen MR) is 57.3 cm³/mol. The minimum atomic E-state index is -0.635. The Hall–Kier alpha value is -1.46. The van der Waals surface area contributed by atoms with Gasteiger partial charge in [-0.15, -0.1) is 0 Å². The number of aliphatic hydroxyl groups is 1. The highest BCUT2D eigenvalue weighted by Gasteiger charge is 2.12. The molecule has 5 heteroatoms. The number of pyridine rings is 1. The highest BCUT2D eigenvalue weighted by Crippen LogP contribution is 2.16. The van der Waals surface area contributed by atoms with Crippen molar-refractivity contribution in [2.75, 3.05) is 6.54 Å². The normalized spacial score (nSPS) is 13.3. The first kappa shape index (κ1) is 10.1. The standard InChI is InChI=1S/C10H14N4O/c1-6-4-7-9(12-5-6)14-10(13-7)8(15)2-3-11/h4-5,8,15H,2-3,11H2,1H3,(H,12,13,14). The van der Waals surface area contributed by atoms with E-state index in [0.717, 1.165) is 11.1 Å². The summed E-state index contributed by atoms with van der Waals surface area (Å²) in [4.78, 5) is 11.4. The van der Waals surface area contributed by atoms with Crippen molar-refractivity contribution in [3.8, 4) is 0 Å². The highest BCUT2D eigenvalue weighted by molar-refractivity contribution is 5.71. The van der Waals surface area contributed by atoms with E-state index in [1.54, 1.807) is 6.20 Å². The second-order valence-corrected chi connectivity index (χ2v) is 3.60. The predicted octanol–water partition coefficient (Wildman–Crippen LogP) is 0.649. The molecule has 0 saturated carbocycles. The number of nitrogens with zero attached hydrogens (tertiary/aromatic N) is 2. The summed E-state index contributed by atoms with van der Waals surface area (Å²) >= 11 is 0. The maximum Gasteiger partial charge on any atom is 0.177 e. The number of hydrogen-bond donors (Lipinski definition) is 3. The van der Waals surface area contributed by atoms with E-state index >= 15 is 0 Å². The van der Waals surface area contributed by atoms with E-state index in [4.69, 9.17) is 5.73 Å². The first-order chi connectivity index (χ1) is 7.20. The van der Waals surface area contributed by atoms with Crippen LogP contribution in [0.4, 0.5) is 0 Å². The van der Waals surface area contributed by atoms with Crippen molar-refractivity contribution in [2.45, 2.75) is 19.4 Å². The van der Waals surface area contributed by atoms with Crippen LogP contribution in [-0.2, 0) is 0 Å². The lowest BCUT2D eigenvalue weighted by atomic mass is 10.2. The molecular formula is C10H14N4O. The topological polar surface area (TPSA) is 87.8 Å². The number of fused-ring (bicyclic) bond motifs is 1. The Morgan fingerprint density at radius 3 is 3.13 bits per heavy atom. The second-order valence-electron chi connectivity index (χ2n) is 3.60. The zero-order chi connectivity index (χ0) is 10.8. The molecular weight excluding hydrogens is 192 g/mol. The Balaban J connectivity index is 2.38. The molecule has 0 aliphatic rings. The molecule has 0 aliphatic heterocycles. The third kappa shape index (κ3) is 1.98. The van der Waals surface area contributed by atoms with Crippen LogP contribution in [0.5, 0.6) is 0 Å². The van der Waals surface area contributed by atoms with E-state index < -0.39 is 6.10 Å². The Bertz CT molecular complexity index is 465. The number of hydrogen-bond acceptors (Lipinski definition) is 4. The summed E-state index contributed by atoms with van der Waals surface area (Å²) in [5.41, 5.74) is 7.91. The van der Waals surface area contributed by atoms with Crippen LogP contribution in [0, 0.1) is 6.92 Å². The van der Waals surface area contributed by atoms with Gasteiger partial charge in [0.15, 0.2) is 5.65 Å². The summed E-state index contributed by atoms with van der Waals surface area (Å²) in [5.74, 6) is 0.536. The molecule has 4 N–H and O–H groups in total. The van der Waals surface area contributed by atoms with Gasteiger partial charge in [0.1, 0.15) is 11.9 Å². The van der Waals surface area contributed by atoms with Gasteiger partial charge in [0.2, 0.25) is 0 Å². The first-order valence-corrected chi connectivity index (χ1v) is 4.91. The zero-order valence-electron chi connectivity index (χ0n) is 8.57. The molecule has 15 heavy (non-hydrogen) atoms. The highest BCUT2D eigenvalue weighted by atomic mass is 16.3. The zero-order valence-corrected chi connectivity index (χ0v) is 8.57. The van der Waals surface area contributed by atoms with E-state index in [1.165, 1.54) is 0 Å². The van der Waals surface area contributed by atoms with Gasteiger partial charge >= 0.3 is 0 Å². The van der Waals surface area contributed by atoms with Crippen LogP contribution >= 0.6 is 0 Å². The molecule has 80 valence electrons. The number of rotatable bonds is 3. The molecule has 0 bridgehead atoms. The Morgan fingerprint density at radius 1 is 1.60 bits per heavy atom. The fraction of sp³-hybridized carbons (Fsp3) is 0.400. The van der Waals surface area contributed by atoms with Crippen molar-refractivity contribution in [1.82, 2.24) is 15.0 Å². The number of nitrogens with two attached hydrogens (primary N) is 1. The fourth-order valence-electron chi connectivity index (χ4n) is 1.48. The van der Waals surface area contributed by atoms with Crippen molar-refractivity contribution in [1.29, 1.82) is 0 Å². The SMILES string of the molecule is Cc1cnc2nc(C(O)CCN)[nH]c2c1. The summed E-state index contributed by atoms with van der Waals surface area (Å²) in [6, 6.07) is 1.95. The first-order valence-electron chi connectivity index (χ1n) is 4.91. The average Bonchev–Trinajstić information content (AvgIpc) is 2.60. The van der Waals surface area contributed by atoms with Crippen LogP contribution in [0.1, 0.15) is 23.9 Å². The summed E-state index contributed by atoms with van der Waals surface area (Å²) in [7, 11) is 0. The third-order valence-corrected chi connectivity index (χ3v) is 2.25. The van der Waals surface area contributed by atoms with Gasteiger partial charge in [0.25, 0.3) is 0 Å². The van der Waals surface area contributed by atoms with E-state index in [-0.39, 0.29) is 0 Å². The molecule has 0 spiro atoms. The van der Waals surface area contributed by atoms with Crippen molar-refractivity contribution >= 4 is 11.2 Å². The van der Waals surface area contributed by atoms with Crippen LogP contribution in [0.3, 0.4) is 0 Å². The number of aromatic amines is 1. The Labute approximate surface area is 87.4 Å². The molecule has 1 atom stereocenters.